The van der Waals surface area contributed by atoms with Crippen LogP contribution >= 0.6 is 0 Å². The Morgan fingerprint density at radius 1 is 1.03 bits per heavy atom. The second-order valence-electron chi connectivity index (χ2n) is 7.20. The normalized spacial score (nSPS) is 11.4. The van der Waals surface area contributed by atoms with Gasteiger partial charge in [0.2, 0.25) is 0 Å². The van der Waals surface area contributed by atoms with Crippen LogP contribution in [-0.4, -0.2) is 19.1 Å². The van der Waals surface area contributed by atoms with Crippen molar-refractivity contribution in [3.05, 3.63) is 94.9 Å². The highest BCUT2D eigenvalue weighted by molar-refractivity contribution is 5.96. The van der Waals surface area contributed by atoms with Gasteiger partial charge in [0.25, 0.3) is 5.56 Å². The summed E-state index contributed by atoms with van der Waals surface area (Å²) in [5.41, 5.74) is 1.50. The predicted octanol–water partition coefficient (Wildman–Crippen LogP) is 4.28. The second kappa shape index (κ2) is 6.88. The van der Waals surface area contributed by atoms with Crippen molar-refractivity contribution in [1.29, 1.82) is 0 Å². The van der Waals surface area contributed by atoms with Crippen molar-refractivity contribution in [2.24, 2.45) is 7.05 Å². The van der Waals surface area contributed by atoms with Gasteiger partial charge < -0.3 is 4.57 Å². The lowest BCUT2D eigenvalue weighted by Crippen LogP contribution is -2.22. The largest absolute Gasteiger partial charge is 0.356 e. The number of halogens is 2. The van der Waals surface area contributed by atoms with Crippen LogP contribution in [0, 0.1) is 11.6 Å². The zero-order valence-corrected chi connectivity index (χ0v) is 16.0. The lowest BCUT2D eigenvalue weighted by molar-refractivity contribution is 0.545. The molecule has 0 aliphatic carbocycles. The number of hydrogen-bond acceptors (Lipinski definition) is 3. The first-order chi connectivity index (χ1) is 14.5. The van der Waals surface area contributed by atoms with E-state index in [1.165, 1.54) is 22.9 Å². The maximum absolute atomic E-state index is 15.0. The molecule has 5 nitrogen and oxygen atoms in total. The third kappa shape index (κ3) is 2.95. The van der Waals surface area contributed by atoms with Crippen LogP contribution in [0.2, 0.25) is 0 Å². The second-order valence-corrected chi connectivity index (χ2v) is 7.20. The van der Waals surface area contributed by atoms with Crippen LogP contribution in [0.1, 0.15) is 5.56 Å². The van der Waals surface area contributed by atoms with E-state index in [9.17, 15) is 4.79 Å². The minimum atomic E-state index is -0.710. The monoisotopic (exact) mass is 402 g/mol. The summed E-state index contributed by atoms with van der Waals surface area (Å²) >= 11 is 0. The molecule has 2 aromatic carbocycles. The third-order valence-electron chi connectivity index (χ3n) is 5.23. The minimum Gasteiger partial charge on any atom is -0.356 e. The zero-order valence-electron chi connectivity index (χ0n) is 16.0. The van der Waals surface area contributed by atoms with Crippen LogP contribution in [0.25, 0.3) is 32.9 Å². The first kappa shape index (κ1) is 18.2. The SMILES string of the molecule is Cn1cc2cccc(-c3cc(F)c(Cn4c(=O)cnc5ccncc54)c(F)c3)c2c1. The van der Waals surface area contributed by atoms with E-state index in [1.54, 1.807) is 12.3 Å². The van der Waals surface area contributed by atoms with Crippen LogP contribution in [0.15, 0.2) is 72.2 Å². The fourth-order valence-corrected chi connectivity index (χ4v) is 3.79. The summed E-state index contributed by atoms with van der Waals surface area (Å²) in [7, 11) is 1.90. The van der Waals surface area contributed by atoms with Crippen molar-refractivity contribution in [3.8, 4) is 11.1 Å². The fourth-order valence-electron chi connectivity index (χ4n) is 3.79. The molecule has 7 heteroatoms. The van der Waals surface area contributed by atoms with Gasteiger partial charge in [-0.25, -0.2) is 13.8 Å². The summed E-state index contributed by atoms with van der Waals surface area (Å²) in [6.45, 7) is -0.253. The minimum absolute atomic E-state index is 0.183. The van der Waals surface area contributed by atoms with Gasteiger partial charge in [0.15, 0.2) is 0 Å². The summed E-state index contributed by atoms with van der Waals surface area (Å²) in [5, 5.41) is 1.90. The molecule has 3 heterocycles. The van der Waals surface area contributed by atoms with Gasteiger partial charge in [0.1, 0.15) is 11.6 Å². The Labute approximate surface area is 169 Å². The number of pyridine rings is 1. The van der Waals surface area contributed by atoms with Crippen molar-refractivity contribution >= 4 is 21.8 Å². The number of nitrogens with zero attached hydrogens (tertiary/aromatic N) is 4. The molecule has 0 fully saturated rings. The molecule has 0 atom stereocenters. The molecule has 0 bridgehead atoms. The Morgan fingerprint density at radius 3 is 2.63 bits per heavy atom. The molecule has 3 aromatic heterocycles. The Balaban J connectivity index is 1.63. The van der Waals surface area contributed by atoms with Gasteiger partial charge in [0.05, 0.1) is 30.0 Å². The smallest absolute Gasteiger partial charge is 0.269 e. The van der Waals surface area contributed by atoms with Gasteiger partial charge in [0, 0.05) is 36.6 Å². The molecule has 30 heavy (non-hydrogen) atoms. The molecular weight excluding hydrogens is 386 g/mol. The van der Waals surface area contributed by atoms with Gasteiger partial charge in [-0.15, -0.1) is 0 Å². The van der Waals surface area contributed by atoms with E-state index in [0.717, 1.165) is 22.5 Å². The van der Waals surface area contributed by atoms with E-state index in [1.807, 2.05) is 42.2 Å². The Hall–Kier alpha value is -3.87. The summed E-state index contributed by atoms with van der Waals surface area (Å²) in [4.78, 5) is 20.4. The van der Waals surface area contributed by atoms with Crippen LogP contribution in [0.4, 0.5) is 8.78 Å². The van der Waals surface area contributed by atoms with Crippen LogP contribution in [0.3, 0.4) is 0 Å². The molecule has 0 aliphatic heterocycles. The van der Waals surface area contributed by atoms with E-state index in [-0.39, 0.29) is 12.1 Å². The maximum atomic E-state index is 15.0. The number of hydrogen-bond donors (Lipinski definition) is 0. The van der Waals surface area contributed by atoms with Crippen molar-refractivity contribution in [2.75, 3.05) is 0 Å². The quantitative estimate of drug-likeness (QED) is 0.453. The van der Waals surface area contributed by atoms with Gasteiger partial charge in [-0.3, -0.25) is 14.3 Å². The lowest BCUT2D eigenvalue weighted by atomic mass is 9.99. The molecular formula is C23H16F2N4O. The standard InChI is InChI=1S/C23H16F2N4O/c1-28-11-14-3-2-4-16(17(14)12-28)15-7-19(24)18(20(25)8-15)13-29-22-9-26-6-5-21(22)27-10-23(29)30/h2-12H,13H2,1H3. The molecule has 148 valence electrons. The highest BCUT2D eigenvalue weighted by atomic mass is 19.1. The van der Waals surface area contributed by atoms with Crippen LogP contribution in [-0.2, 0) is 13.6 Å². The van der Waals surface area contributed by atoms with Gasteiger partial charge >= 0.3 is 0 Å². The topological polar surface area (TPSA) is 52.7 Å². The summed E-state index contributed by atoms with van der Waals surface area (Å²) in [6, 6.07) is 9.91. The van der Waals surface area contributed by atoms with Crippen LogP contribution in [0.5, 0.6) is 0 Å². The average molecular weight is 402 g/mol. The third-order valence-corrected chi connectivity index (χ3v) is 5.23. The van der Waals surface area contributed by atoms with E-state index < -0.39 is 17.2 Å². The number of benzene rings is 2. The molecule has 0 unspecified atom stereocenters. The molecule has 0 saturated carbocycles. The number of fused-ring (bicyclic) bond motifs is 2. The Morgan fingerprint density at radius 2 is 1.83 bits per heavy atom. The lowest BCUT2D eigenvalue weighted by Gasteiger charge is -2.12. The van der Waals surface area contributed by atoms with Crippen molar-refractivity contribution in [1.82, 2.24) is 19.1 Å². The molecule has 0 N–H and O–H groups in total. The molecule has 0 aliphatic rings. The Kier molecular flexibility index (Phi) is 4.17. The fraction of sp³-hybridized carbons (Fsp3) is 0.0870. The first-order valence-corrected chi connectivity index (χ1v) is 9.34. The van der Waals surface area contributed by atoms with Gasteiger partial charge in [-0.2, -0.15) is 0 Å². The molecule has 0 saturated heterocycles. The van der Waals surface area contributed by atoms with E-state index >= 15 is 8.78 Å². The van der Waals surface area contributed by atoms with Crippen LogP contribution < -0.4 is 5.56 Å². The van der Waals surface area contributed by atoms with Crippen molar-refractivity contribution in [3.63, 3.8) is 0 Å². The zero-order chi connectivity index (χ0) is 20.8. The van der Waals surface area contributed by atoms with E-state index in [0.29, 0.717) is 16.6 Å². The summed E-state index contributed by atoms with van der Waals surface area (Å²) in [6.07, 6.45) is 8.02. The highest BCUT2D eigenvalue weighted by Gasteiger charge is 2.16. The molecule has 0 radical (unpaired) electrons. The van der Waals surface area contributed by atoms with E-state index in [2.05, 4.69) is 9.97 Å². The highest BCUT2D eigenvalue weighted by Crippen LogP contribution is 2.31. The molecule has 5 aromatic rings. The summed E-state index contributed by atoms with van der Waals surface area (Å²) in [5.74, 6) is -1.42. The van der Waals surface area contributed by atoms with Gasteiger partial charge in [-0.05, 0) is 34.7 Å². The van der Waals surface area contributed by atoms with E-state index in [4.69, 9.17) is 0 Å². The number of rotatable bonds is 3. The molecule has 5 rings (SSSR count). The van der Waals surface area contributed by atoms with Crippen molar-refractivity contribution < 1.29 is 8.78 Å². The average Bonchev–Trinajstić information content (AvgIpc) is 3.12. The Bertz CT molecular complexity index is 1460. The summed E-state index contributed by atoms with van der Waals surface area (Å²) < 4.78 is 33.2. The van der Waals surface area contributed by atoms with Crippen molar-refractivity contribution in [2.45, 2.75) is 6.54 Å². The first-order valence-electron chi connectivity index (χ1n) is 9.34. The maximum Gasteiger partial charge on any atom is 0.269 e. The molecule has 0 spiro atoms. The van der Waals surface area contributed by atoms with Gasteiger partial charge in [-0.1, -0.05) is 18.2 Å². The molecule has 0 amide bonds. The predicted molar refractivity (Wildman–Crippen MR) is 111 cm³/mol. The number of aryl methyl sites for hydroxylation is 1. The number of aromatic nitrogens is 4.